The number of benzene rings is 1. The summed E-state index contributed by atoms with van der Waals surface area (Å²) in [5.74, 6) is 1.08. The Labute approximate surface area is 124 Å². The smallest absolute Gasteiger partial charge is 0.250 e. The van der Waals surface area contributed by atoms with Crippen molar-refractivity contribution in [3.05, 3.63) is 41.5 Å². The van der Waals surface area contributed by atoms with E-state index in [2.05, 4.69) is 17.1 Å². The molecule has 0 amide bonds. The molecule has 5 nitrogen and oxygen atoms in total. The number of nitrogen functional groups attached to an aromatic ring is 1. The second-order valence-corrected chi connectivity index (χ2v) is 4.72. The summed E-state index contributed by atoms with van der Waals surface area (Å²) in [6.07, 6.45) is 5.50. The number of rotatable bonds is 7. The summed E-state index contributed by atoms with van der Waals surface area (Å²) in [6.45, 7) is 4.70. The third-order valence-corrected chi connectivity index (χ3v) is 3.02. The van der Waals surface area contributed by atoms with E-state index in [0.717, 1.165) is 24.1 Å². The van der Waals surface area contributed by atoms with Gasteiger partial charge in [-0.3, -0.25) is 0 Å². The van der Waals surface area contributed by atoms with Gasteiger partial charge in [0.25, 0.3) is 5.89 Å². The zero-order chi connectivity index (χ0) is 15.1. The Morgan fingerprint density at radius 3 is 2.67 bits per heavy atom. The monoisotopic (exact) mass is 287 g/mol. The van der Waals surface area contributed by atoms with Crippen LogP contribution in [0.1, 0.15) is 50.1 Å². The highest BCUT2D eigenvalue weighted by molar-refractivity contribution is 5.66. The summed E-state index contributed by atoms with van der Waals surface area (Å²) < 4.78 is 10.9. The Balaban J connectivity index is 2.06. The standard InChI is InChI=1S/C16H21N3O2/c1-3-5-14(20-4-2)16-18-15(21-19-16)11-8-12-6-9-13(17)10-7-12/h6-11,14H,3-5,17H2,1-2H3/b11-8+. The topological polar surface area (TPSA) is 74.2 Å². The van der Waals surface area contributed by atoms with E-state index in [9.17, 15) is 0 Å². The molecule has 1 aromatic carbocycles. The third-order valence-electron chi connectivity index (χ3n) is 3.02. The third kappa shape index (κ3) is 4.43. The van der Waals surface area contributed by atoms with Crippen molar-refractivity contribution in [2.45, 2.75) is 32.8 Å². The molecule has 0 aliphatic rings. The number of hydrogen-bond acceptors (Lipinski definition) is 5. The number of hydrogen-bond donors (Lipinski definition) is 1. The predicted molar refractivity (Wildman–Crippen MR) is 83.4 cm³/mol. The molecule has 0 saturated carbocycles. The van der Waals surface area contributed by atoms with E-state index < -0.39 is 0 Å². The first kappa shape index (κ1) is 15.3. The largest absolute Gasteiger partial charge is 0.399 e. The highest BCUT2D eigenvalue weighted by Gasteiger charge is 2.16. The van der Waals surface area contributed by atoms with Crippen LogP contribution < -0.4 is 5.73 Å². The lowest BCUT2D eigenvalue weighted by atomic mass is 10.2. The Morgan fingerprint density at radius 2 is 2.00 bits per heavy atom. The number of ether oxygens (including phenoxy) is 1. The minimum absolute atomic E-state index is 0.0950. The summed E-state index contributed by atoms with van der Waals surface area (Å²) in [5.41, 5.74) is 7.42. The summed E-state index contributed by atoms with van der Waals surface area (Å²) in [6, 6.07) is 7.57. The van der Waals surface area contributed by atoms with Crippen LogP contribution in [0.4, 0.5) is 5.69 Å². The molecular weight excluding hydrogens is 266 g/mol. The lowest BCUT2D eigenvalue weighted by Crippen LogP contribution is -2.05. The van der Waals surface area contributed by atoms with Crippen LogP contribution in [0.3, 0.4) is 0 Å². The Hall–Kier alpha value is -2.14. The van der Waals surface area contributed by atoms with Crippen LogP contribution in [0.25, 0.3) is 12.2 Å². The average molecular weight is 287 g/mol. The van der Waals surface area contributed by atoms with Gasteiger partial charge < -0.3 is 15.0 Å². The molecule has 0 radical (unpaired) electrons. The van der Waals surface area contributed by atoms with E-state index >= 15 is 0 Å². The second-order valence-electron chi connectivity index (χ2n) is 4.72. The van der Waals surface area contributed by atoms with E-state index in [1.807, 2.05) is 37.3 Å². The minimum Gasteiger partial charge on any atom is -0.399 e. The summed E-state index contributed by atoms with van der Waals surface area (Å²) in [5, 5.41) is 4.00. The lowest BCUT2D eigenvalue weighted by molar-refractivity contribution is 0.0478. The molecule has 0 spiro atoms. The van der Waals surface area contributed by atoms with Gasteiger partial charge in [0.15, 0.2) is 0 Å². The van der Waals surface area contributed by atoms with E-state index in [1.165, 1.54) is 0 Å². The van der Waals surface area contributed by atoms with Gasteiger partial charge in [-0.1, -0.05) is 30.6 Å². The van der Waals surface area contributed by atoms with Crippen molar-refractivity contribution in [2.75, 3.05) is 12.3 Å². The van der Waals surface area contributed by atoms with Gasteiger partial charge in [-0.05, 0) is 37.1 Å². The molecular formula is C16H21N3O2. The molecule has 0 aliphatic carbocycles. The van der Waals surface area contributed by atoms with Crippen molar-refractivity contribution in [3.63, 3.8) is 0 Å². The van der Waals surface area contributed by atoms with Crippen molar-refractivity contribution >= 4 is 17.8 Å². The molecule has 2 N–H and O–H groups in total. The van der Waals surface area contributed by atoms with Crippen LogP contribution in [0.15, 0.2) is 28.8 Å². The van der Waals surface area contributed by atoms with Gasteiger partial charge in [-0.15, -0.1) is 0 Å². The van der Waals surface area contributed by atoms with Crippen molar-refractivity contribution in [2.24, 2.45) is 0 Å². The Morgan fingerprint density at radius 1 is 1.24 bits per heavy atom. The molecule has 1 unspecified atom stereocenters. The Bertz CT molecular complexity index is 569. The highest BCUT2D eigenvalue weighted by Crippen LogP contribution is 2.20. The molecule has 1 aromatic heterocycles. The first-order valence-electron chi connectivity index (χ1n) is 7.21. The van der Waals surface area contributed by atoms with Crippen molar-refractivity contribution in [3.8, 4) is 0 Å². The molecule has 112 valence electrons. The first-order chi connectivity index (χ1) is 10.2. The van der Waals surface area contributed by atoms with E-state index in [-0.39, 0.29) is 6.10 Å². The maximum Gasteiger partial charge on any atom is 0.250 e. The number of nitrogens with two attached hydrogens (primary N) is 1. The maximum absolute atomic E-state index is 5.65. The maximum atomic E-state index is 5.65. The molecule has 1 heterocycles. The average Bonchev–Trinajstić information content (AvgIpc) is 2.95. The molecule has 2 rings (SSSR count). The molecule has 1 atom stereocenters. The molecule has 0 saturated heterocycles. The SMILES string of the molecule is CCCC(OCC)c1noc(/C=C/c2ccc(N)cc2)n1. The molecule has 0 aliphatic heterocycles. The van der Waals surface area contributed by atoms with Crippen molar-refractivity contribution in [1.29, 1.82) is 0 Å². The van der Waals surface area contributed by atoms with Gasteiger partial charge in [0.05, 0.1) is 0 Å². The number of anilines is 1. The lowest BCUT2D eigenvalue weighted by Gasteiger charge is -2.10. The molecule has 5 heteroatoms. The van der Waals surface area contributed by atoms with Gasteiger partial charge in [0.2, 0.25) is 5.82 Å². The van der Waals surface area contributed by atoms with Crippen LogP contribution in [0.2, 0.25) is 0 Å². The van der Waals surface area contributed by atoms with Gasteiger partial charge in [-0.25, -0.2) is 0 Å². The van der Waals surface area contributed by atoms with E-state index in [1.54, 1.807) is 6.08 Å². The number of aromatic nitrogens is 2. The van der Waals surface area contributed by atoms with Crippen molar-refractivity contribution in [1.82, 2.24) is 10.1 Å². The zero-order valence-electron chi connectivity index (χ0n) is 12.5. The van der Waals surface area contributed by atoms with Crippen LogP contribution in [-0.2, 0) is 4.74 Å². The summed E-state index contributed by atoms with van der Waals surface area (Å²) in [4.78, 5) is 4.37. The minimum atomic E-state index is -0.0950. The van der Waals surface area contributed by atoms with Crippen LogP contribution in [0.5, 0.6) is 0 Å². The molecule has 0 bridgehead atoms. The fourth-order valence-electron chi connectivity index (χ4n) is 1.97. The fourth-order valence-corrected chi connectivity index (χ4v) is 1.97. The van der Waals surface area contributed by atoms with E-state index in [4.69, 9.17) is 15.0 Å². The molecule has 2 aromatic rings. The van der Waals surface area contributed by atoms with Crippen LogP contribution in [-0.4, -0.2) is 16.7 Å². The van der Waals surface area contributed by atoms with Crippen LogP contribution in [0, 0.1) is 0 Å². The highest BCUT2D eigenvalue weighted by atomic mass is 16.5. The van der Waals surface area contributed by atoms with Crippen LogP contribution >= 0.6 is 0 Å². The van der Waals surface area contributed by atoms with Gasteiger partial charge in [-0.2, -0.15) is 4.98 Å². The zero-order valence-corrected chi connectivity index (χ0v) is 12.5. The van der Waals surface area contributed by atoms with Gasteiger partial charge in [0, 0.05) is 18.4 Å². The second kappa shape index (κ2) is 7.59. The fraction of sp³-hybridized carbons (Fsp3) is 0.375. The van der Waals surface area contributed by atoms with Gasteiger partial charge >= 0.3 is 0 Å². The predicted octanol–water partition coefficient (Wildman–Crippen LogP) is 3.70. The van der Waals surface area contributed by atoms with E-state index in [0.29, 0.717) is 18.3 Å². The summed E-state index contributed by atoms with van der Waals surface area (Å²) >= 11 is 0. The normalized spacial score (nSPS) is 12.9. The van der Waals surface area contributed by atoms with Gasteiger partial charge in [0.1, 0.15) is 6.10 Å². The number of nitrogens with zero attached hydrogens (tertiary/aromatic N) is 2. The summed E-state index contributed by atoms with van der Waals surface area (Å²) in [7, 11) is 0. The molecule has 0 fully saturated rings. The first-order valence-corrected chi connectivity index (χ1v) is 7.21. The van der Waals surface area contributed by atoms with Crippen molar-refractivity contribution < 1.29 is 9.26 Å². The molecule has 21 heavy (non-hydrogen) atoms. The Kier molecular flexibility index (Phi) is 5.51. The quantitative estimate of drug-likeness (QED) is 0.786.